The van der Waals surface area contributed by atoms with E-state index in [1.807, 2.05) is 0 Å². The third kappa shape index (κ3) is 3.17. The Morgan fingerprint density at radius 3 is 2.95 bits per heavy atom. The van der Waals surface area contributed by atoms with Crippen LogP contribution in [0, 0.1) is 0 Å². The molecular formula is C17H23N3O. The molecule has 1 fully saturated rings. The Kier molecular flexibility index (Phi) is 4.36. The van der Waals surface area contributed by atoms with Gasteiger partial charge in [-0.15, -0.1) is 0 Å². The first kappa shape index (κ1) is 14.3. The highest BCUT2D eigenvalue weighted by atomic mass is 16.5. The van der Waals surface area contributed by atoms with Crippen LogP contribution in [-0.4, -0.2) is 31.3 Å². The zero-order chi connectivity index (χ0) is 14.7. The molecule has 2 aromatic rings. The summed E-state index contributed by atoms with van der Waals surface area (Å²) >= 11 is 0. The van der Waals surface area contributed by atoms with Crippen molar-refractivity contribution in [3.63, 3.8) is 0 Å². The van der Waals surface area contributed by atoms with E-state index in [-0.39, 0.29) is 0 Å². The van der Waals surface area contributed by atoms with Gasteiger partial charge in [0.2, 0.25) is 0 Å². The number of pyridine rings is 1. The van der Waals surface area contributed by atoms with E-state index >= 15 is 0 Å². The summed E-state index contributed by atoms with van der Waals surface area (Å²) in [5.41, 5.74) is 6.72. The van der Waals surface area contributed by atoms with Gasteiger partial charge >= 0.3 is 0 Å². The highest BCUT2D eigenvalue weighted by molar-refractivity contribution is 5.92. The lowest BCUT2D eigenvalue weighted by Gasteiger charge is -2.29. The lowest BCUT2D eigenvalue weighted by molar-refractivity contribution is 0.0215. The first-order chi connectivity index (χ1) is 10.3. The minimum Gasteiger partial charge on any atom is -0.376 e. The number of ether oxygens (including phenoxy) is 1. The van der Waals surface area contributed by atoms with Gasteiger partial charge in [-0.3, -0.25) is 0 Å². The van der Waals surface area contributed by atoms with Crippen molar-refractivity contribution in [1.82, 2.24) is 4.98 Å². The van der Waals surface area contributed by atoms with Gasteiger partial charge in [0.1, 0.15) is 5.82 Å². The van der Waals surface area contributed by atoms with Crippen LogP contribution in [0.1, 0.15) is 25.0 Å². The Labute approximate surface area is 125 Å². The van der Waals surface area contributed by atoms with E-state index < -0.39 is 0 Å². The third-order valence-electron chi connectivity index (χ3n) is 4.10. The van der Waals surface area contributed by atoms with Gasteiger partial charge in [-0.25, -0.2) is 4.98 Å². The van der Waals surface area contributed by atoms with Crippen LogP contribution in [0.5, 0.6) is 0 Å². The molecule has 4 nitrogen and oxygen atoms in total. The lowest BCUT2D eigenvalue weighted by atomic mass is 10.1. The molecule has 1 aliphatic heterocycles. The molecule has 1 aromatic heterocycles. The van der Waals surface area contributed by atoms with Crippen molar-refractivity contribution >= 4 is 16.6 Å². The van der Waals surface area contributed by atoms with Crippen LogP contribution < -0.4 is 10.6 Å². The Bertz CT molecular complexity index is 608. The molecule has 21 heavy (non-hydrogen) atoms. The summed E-state index contributed by atoms with van der Waals surface area (Å²) < 4.78 is 5.84. The topological polar surface area (TPSA) is 51.4 Å². The third-order valence-corrected chi connectivity index (χ3v) is 4.10. The molecule has 4 heteroatoms. The van der Waals surface area contributed by atoms with Crippen LogP contribution in [0.4, 0.5) is 5.82 Å². The van der Waals surface area contributed by atoms with Crippen molar-refractivity contribution in [2.45, 2.75) is 31.9 Å². The zero-order valence-corrected chi connectivity index (χ0v) is 12.6. The average molecular weight is 285 g/mol. The number of fused-ring (bicyclic) bond motifs is 1. The molecule has 1 saturated heterocycles. The van der Waals surface area contributed by atoms with Crippen LogP contribution in [-0.2, 0) is 11.3 Å². The molecule has 0 spiro atoms. The van der Waals surface area contributed by atoms with Crippen molar-refractivity contribution < 1.29 is 4.74 Å². The van der Waals surface area contributed by atoms with E-state index in [0.29, 0.717) is 12.6 Å². The van der Waals surface area contributed by atoms with Crippen molar-refractivity contribution in [3.8, 4) is 0 Å². The van der Waals surface area contributed by atoms with Gasteiger partial charge in [-0.05, 0) is 30.7 Å². The predicted molar refractivity (Wildman–Crippen MR) is 86.5 cm³/mol. The van der Waals surface area contributed by atoms with Gasteiger partial charge in [0.15, 0.2) is 0 Å². The first-order valence-electron chi connectivity index (χ1n) is 7.69. The molecule has 1 aliphatic rings. The molecule has 0 bridgehead atoms. The summed E-state index contributed by atoms with van der Waals surface area (Å²) in [5.74, 6) is 1.00. The van der Waals surface area contributed by atoms with Crippen molar-refractivity contribution in [2.24, 2.45) is 5.73 Å². The fraction of sp³-hybridized carbons (Fsp3) is 0.471. The molecule has 2 heterocycles. The number of nitrogens with two attached hydrogens (primary N) is 1. The summed E-state index contributed by atoms with van der Waals surface area (Å²) in [6, 6.07) is 10.4. The summed E-state index contributed by atoms with van der Waals surface area (Å²) in [6.07, 6.45) is 3.89. The minimum atomic E-state index is 0.311. The molecule has 112 valence electrons. The fourth-order valence-corrected chi connectivity index (χ4v) is 2.97. The van der Waals surface area contributed by atoms with Crippen LogP contribution in [0.15, 0.2) is 30.3 Å². The second-order valence-electron chi connectivity index (χ2n) is 5.73. The Morgan fingerprint density at radius 2 is 2.19 bits per heavy atom. The van der Waals surface area contributed by atoms with E-state index in [9.17, 15) is 0 Å². The highest BCUT2D eigenvalue weighted by Gasteiger charge is 2.18. The smallest absolute Gasteiger partial charge is 0.136 e. The van der Waals surface area contributed by atoms with Gasteiger partial charge < -0.3 is 15.4 Å². The van der Waals surface area contributed by atoms with E-state index in [2.05, 4.69) is 42.3 Å². The predicted octanol–water partition coefficient (Wildman–Crippen LogP) is 2.70. The zero-order valence-electron chi connectivity index (χ0n) is 12.6. The van der Waals surface area contributed by atoms with Crippen LogP contribution in [0.25, 0.3) is 10.8 Å². The number of likely N-dealkylation sites (N-methyl/N-ethyl adjacent to an activating group) is 1. The van der Waals surface area contributed by atoms with Gasteiger partial charge in [0.25, 0.3) is 0 Å². The summed E-state index contributed by atoms with van der Waals surface area (Å²) in [4.78, 5) is 6.94. The number of hydrogen-bond donors (Lipinski definition) is 1. The maximum Gasteiger partial charge on any atom is 0.136 e. The molecular weight excluding hydrogens is 262 g/mol. The summed E-state index contributed by atoms with van der Waals surface area (Å²) in [5, 5.41) is 2.37. The number of aromatic nitrogens is 1. The number of anilines is 1. The normalized spacial score (nSPS) is 18.9. The Balaban J connectivity index is 1.90. The Hall–Kier alpha value is -1.65. The standard InChI is InChI=1S/C17H23N3O/c1-20(12-15-7-4-5-9-21-15)17-16-8-3-2-6-13(16)10-14(11-18)19-17/h2-3,6,8,10,15H,4-5,7,9,11-12,18H2,1H3. The molecule has 0 aliphatic carbocycles. The van der Waals surface area contributed by atoms with Gasteiger partial charge in [-0.1, -0.05) is 24.3 Å². The molecule has 2 N–H and O–H groups in total. The quantitative estimate of drug-likeness (QED) is 0.938. The number of nitrogens with zero attached hydrogens (tertiary/aromatic N) is 2. The molecule has 0 radical (unpaired) electrons. The van der Waals surface area contributed by atoms with Gasteiger partial charge in [0, 0.05) is 32.1 Å². The van der Waals surface area contributed by atoms with Gasteiger partial charge in [-0.2, -0.15) is 0 Å². The number of hydrogen-bond acceptors (Lipinski definition) is 4. The second kappa shape index (κ2) is 6.41. The Morgan fingerprint density at radius 1 is 1.33 bits per heavy atom. The van der Waals surface area contributed by atoms with Crippen LogP contribution in [0.2, 0.25) is 0 Å². The molecule has 0 saturated carbocycles. The molecule has 1 aromatic carbocycles. The van der Waals surface area contributed by atoms with E-state index in [1.54, 1.807) is 0 Å². The maximum absolute atomic E-state index is 5.84. The second-order valence-corrected chi connectivity index (χ2v) is 5.73. The molecule has 1 unspecified atom stereocenters. The number of benzene rings is 1. The monoisotopic (exact) mass is 285 g/mol. The molecule has 0 amide bonds. The maximum atomic E-state index is 5.84. The largest absolute Gasteiger partial charge is 0.376 e. The molecule has 3 rings (SSSR count). The SMILES string of the molecule is CN(CC1CCCCO1)c1nc(CN)cc2ccccc12. The summed E-state index contributed by atoms with van der Waals surface area (Å²) in [7, 11) is 2.09. The fourth-order valence-electron chi connectivity index (χ4n) is 2.97. The lowest BCUT2D eigenvalue weighted by Crippen LogP contribution is -2.34. The van der Waals surface area contributed by atoms with Crippen LogP contribution in [0.3, 0.4) is 0 Å². The van der Waals surface area contributed by atoms with Crippen molar-refractivity contribution in [2.75, 3.05) is 25.1 Å². The van der Waals surface area contributed by atoms with Gasteiger partial charge in [0.05, 0.1) is 11.8 Å². The highest BCUT2D eigenvalue weighted by Crippen LogP contribution is 2.26. The van der Waals surface area contributed by atoms with Crippen molar-refractivity contribution in [1.29, 1.82) is 0 Å². The average Bonchev–Trinajstić information content (AvgIpc) is 2.54. The summed E-state index contributed by atoms with van der Waals surface area (Å²) in [6.45, 7) is 2.23. The minimum absolute atomic E-state index is 0.311. The molecule has 1 atom stereocenters. The van der Waals surface area contributed by atoms with E-state index in [0.717, 1.165) is 31.1 Å². The number of rotatable bonds is 4. The van der Waals surface area contributed by atoms with E-state index in [1.165, 1.54) is 23.6 Å². The van der Waals surface area contributed by atoms with Crippen molar-refractivity contribution in [3.05, 3.63) is 36.0 Å². The van der Waals surface area contributed by atoms with Crippen LogP contribution >= 0.6 is 0 Å². The van der Waals surface area contributed by atoms with E-state index in [4.69, 9.17) is 15.5 Å². The first-order valence-corrected chi connectivity index (χ1v) is 7.69.